The van der Waals surface area contributed by atoms with E-state index < -0.39 is 12.0 Å². The minimum absolute atomic E-state index is 0.0986. The molecular formula is C11H21N3O2S. The van der Waals surface area contributed by atoms with E-state index in [-0.39, 0.29) is 16.8 Å². The Labute approximate surface area is 108 Å². The molecule has 98 valence electrons. The smallest absolute Gasteiger partial charge is 0.244 e. The summed E-state index contributed by atoms with van der Waals surface area (Å²) in [5, 5.41) is 2.61. The number of nitrogens with two attached hydrogens (primary N) is 1. The number of amides is 2. The van der Waals surface area contributed by atoms with Crippen molar-refractivity contribution in [2.24, 2.45) is 11.7 Å². The molecule has 0 aliphatic carbocycles. The molecule has 0 aliphatic rings. The predicted octanol–water partition coefficient (Wildman–Crippen LogP) is 0.282. The molecule has 0 bridgehead atoms. The van der Waals surface area contributed by atoms with Crippen molar-refractivity contribution in [2.45, 2.75) is 33.7 Å². The van der Waals surface area contributed by atoms with Crippen molar-refractivity contribution in [3.8, 4) is 0 Å². The topological polar surface area (TPSA) is 75.4 Å². The van der Waals surface area contributed by atoms with Gasteiger partial charge in [0, 0.05) is 13.1 Å². The highest BCUT2D eigenvalue weighted by molar-refractivity contribution is 7.80. The zero-order chi connectivity index (χ0) is 13.6. The SMILES string of the molecule is CCN(CC)C(=O)C(C)NC(=O)C(C)C(N)=S. The van der Waals surface area contributed by atoms with Gasteiger partial charge in [-0.3, -0.25) is 9.59 Å². The summed E-state index contributed by atoms with van der Waals surface area (Å²) >= 11 is 4.73. The van der Waals surface area contributed by atoms with Gasteiger partial charge in [0.05, 0.1) is 10.9 Å². The van der Waals surface area contributed by atoms with Crippen molar-refractivity contribution in [1.29, 1.82) is 0 Å². The van der Waals surface area contributed by atoms with E-state index in [0.717, 1.165) is 0 Å². The van der Waals surface area contributed by atoms with Gasteiger partial charge in [0.25, 0.3) is 0 Å². The van der Waals surface area contributed by atoms with Crippen LogP contribution >= 0.6 is 12.2 Å². The van der Waals surface area contributed by atoms with Crippen LogP contribution in [0.3, 0.4) is 0 Å². The molecule has 0 spiro atoms. The second kappa shape index (κ2) is 7.21. The van der Waals surface area contributed by atoms with E-state index in [9.17, 15) is 9.59 Å². The molecule has 3 N–H and O–H groups in total. The summed E-state index contributed by atoms with van der Waals surface area (Å²) in [5.74, 6) is -0.971. The van der Waals surface area contributed by atoms with Crippen LogP contribution in [0.25, 0.3) is 0 Å². The highest BCUT2D eigenvalue weighted by Gasteiger charge is 2.23. The van der Waals surface area contributed by atoms with Crippen molar-refractivity contribution >= 4 is 29.0 Å². The molecule has 17 heavy (non-hydrogen) atoms. The van der Waals surface area contributed by atoms with Crippen LogP contribution in [-0.2, 0) is 9.59 Å². The van der Waals surface area contributed by atoms with Gasteiger partial charge in [-0.15, -0.1) is 0 Å². The summed E-state index contributed by atoms with van der Waals surface area (Å²) in [7, 11) is 0. The van der Waals surface area contributed by atoms with E-state index in [0.29, 0.717) is 13.1 Å². The maximum absolute atomic E-state index is 11.9. The largest absolute Gasteiger partial charge is 0.393 e. The van der Waals surface area contributed by atoms with Crippen LogP contribution < -0.4 is 11.1 Å². The number of hydrogen-bond acceptors (Lipinski definition) is 3. The molecule has 5 nitrogen and oxygen atoms in total. The number of likely N-dealkylation sites (N-methyl/N-ethyl adjacent to an activating group) is 1. The Morgan fingerprint density at radius 3 is 2.12 bits per heavy atom. The number of rotatable bonds is 6. The quantitative estimate of drug-likeness (QED) is 0.672. The van der Waals surface area contributed by atoms with Crippen LogP contribution in [0.15, 0.2) is 0 Å². The molecule has 2 unspecified atom stereocenters. The fraction of sp³-hybridized carbons (Fsp3) is 0.727. The van der Waals surface area contributed by atoms with Gasteiger partial charge in [0.15, 0.2) is 0 Å². The monoisotopic (exact) mass is 259 g/mol. The molecule has 0 rings (SSSR count). The van der Waals surface area contributed by atoms with E-state index in [1.807, 2.05) is 13.8 Å². The zero-order valence-corrected chi connectivity index (χ0v) is 11.6. The van der Waals surface area contributed by atoms with E-state index in [2.05, 4.69) is 5.32 Å². The third-order valence-electron chi connectivity index (χ3n) is 2.62. The standard InChI is InChI=1S/C11H21N3O2S/c1-5-14(6-2)11(16)8(4)13-10(15)7(3)9(12)17/h7-8H,5-6H2,1-4H3,(H2,12,17)(H,13,15). The second-order valence-electron chi connectivity index (χ2n) is 3.86. The lowest BCUT2D eigenvalue weighted by atomic mass is 10.1. The normalized spacial score (nSPS) is 13.6. The van der Waals surface area contributed by atoms with Gasteiger partial charge in [-0.25, -0.2) is 0 Å². The van der Waals surface area contributed by atoms with Crippen LogP contribution in [0.5, 0.6) is 0 Å². The minimum Gasteiger partial charge on any atom is -0.393 e. The molecular weight excluding hydrogens is 238 g/mol. The fourth-order valence-corrected chi connectivity index (χ4v) is 1.45. The molecule has 2 atom stereocenters. The number of thiocarbonyl (C=S) groups is 1. The number of nitrogens with one attached hydrogen (secondary N) is 1. The molecule has 0 saturated carbocycles. The van der Waals surface area contributed by atoms with Crippen molar-refractivity contribution in [3.63, 3.8) is 0 Å². The minimum atomic E-state index is -0.558. The lowest BCUT2D eigenvalue weighted by Gasteiger charge is -2.24. The van der Waals surface area contributed by atoms with Crippen LogP contribution in [-0.4, -0.2) is 40.8 Å². The molecule has 0 radical (unpaired) electrons. The van der Waals surface area contributed by atoms with Gasteiger partial charge in [-0.05, 0) is 27.7 Å². The fourth-order valence-electron chi connectivity index (χ4n) is 1.34. The zero-order valence-electron chi connectivity index (χ0n) is 10.8. The molecule has 0 aromatic carbocycles. The molecule has 2 amide bonds. The molecule has 0 heterocycles. The summed E-state index contributed by atoms with van der Waals surface area (Å²) in [5.41, 5.74) is 5.38. The van der Waals surface area contributed by atoms with Crippen molar-refractivity contribution < 1.29 is 9.59 Å². The van der Waals surface area contributed by atoms with Gasteiger partial charge in [0.1, 0.15) is 6.04 Å². The summed E-state index contributed by atoms with van der Waals surface area (Å²) < 4.78 is 0. The molecule has 6 heteroatoms. The van der Waals surface area contributed by atoms with Crippen molar-refractivity contribution in [1.82, 2.24) is 10.2 Å². The number of carbonyl (C=O) groups excluding carboxylic acids is 2. The van der Waals surface area contributed by atoms with E-state index in [4.69, 9.17) is 18.0 Å². The summed E-state index contributed by atoms with van der Waals surface area (Å²) in [6.07, 6.45) is 0. The van der Waals surface area contributed by atoms with Gasteiger partial charge in [-0.1, -0.05) is 12.2 Å². The first-order chi connectivity index (χ1) is 7.84. The molecule has 0 aromatic rings. The Morgan fingerprint density at radius 1 is 1.29 bits per heavy atom. The van der Waals surface area contributed by atoms with Gasteiger partial charge < -0.3 is 16.0 Å². The number of nitrogens with zero attached hydrogens (tertiary/aromatic N) is 1. The highest BCUT2D eigenvalue weighted by atomic mass is 32.1. The molecule has 0 fully saturated rings. The number of hydrogen-bond donors (Lipinski definition) is 2. The predicted molar refractivity (Wildman–Crippen MR) is 71.5 cm³/mol. The van der Waals surface area contributed by atoms with Crippen molar-refractivity contribution in [3.05, 3.63) is 0 Å². The molecule has 0 aromatic heterocycles. The Hall–Kier alpha value is -1.17. The van der Waals surface area contributed by atoms with E-state index >= 15 is 0 Å². The lowest BCUT2D eigenvalue weighted by molar-refractivity contribution is -0.136. The van der Waals surface area contributed by atoms with Crippen LogP contribution in [0.2, 0.25) is 0 Å². The van der Waals surface area contributed by atoms with Gasteiger partial charge >= 0.3 is 0 Å². The number of carbonyl (C=O) groups is 2. The van der Waals surface area contributed by atoms with Gasteiger partial charge in [0.2, 0.25) is 11.8 Å². The Balaban J connectivity index is 4.44. The van der Waals surface area contributed by atoms with Crippen LogP contribution in [0, 0.1) is 5.92 Å². The molecule has 0 aliphatic heterocycles. The summed E-state index contributed by atoms with van der Waals surface area (Å²) in [6, 6.07) is -0.556. The van der Waals surface area contributed by atoms with Crippen LogP contribution in [0.4, 0.5) is 0 Å². The third-order valence-corrected chi connectivity index (χ3v) is 2.98. The maximum Gasteiger partial charge on any atom is 0.244 e. The highest BCUT2D eigenvalue weighted by Crippen LogP contribution is 1.99. The first kappa shape index (κ1) is 15.8. The average molecular weight is 259 g/mol. The first-order valence-corrected chi connectivity index (χ1v) is 6.14. The Morgan fingerprint density at radius 2 is 1.76 bits per heavy atom. The lowest BCUT2D eigenvalue weighted by Crippen LogP contribution is -2.49. The Kier molecular flexibility index (Phi) is 6.72. The van der Waals surface area contributed by atoms with Crippen LogP contribution in [0.1, 0.15) is 27.7 Å². The first-order valence-electron chi connectivity index (χ1n) is 5.73. The molecule has 0 saturated heterocycles. The summed E-state index contributed by atoms with van der Waals surface area (Å²) in [6.45, 7) is 8.32. The van der Waals surface area contributed by atoms with E-state index in [1.165, 1.54) is 0 Å². The maximum atomic E-state index is 11.9. The third kappa shape index (κ3) is 4.68. The van der Waals surface area contributed by atoms with E-state index in [1.54, 1.807) is 18.7 Å². The second-order valence-corrected chi connectivity index (χ2v) is 4.34. The Bertz CT molecular complexity index is 303. The summed E-state index contributed by atoms with van der Waals surface area (Å²) in [4.78, 5) is 25.3. The van der Waals surface area contributed by atoms with Gasteiger partial charge in [-0.2, -0.15) is 0 Å². The van der Waals surface area contributed by atoms with Crippen molar-refractivity contribution in [2.75, 3.05) is 13.1 Å². The average Bonchev–Trinajstić information content (AvgIpc) is 2.28.